The van der Waals surface area contributed by atoms with E-state index in [1.807, 2.05) is 31.2 Å². The lowest BCUT2D eigenvalue weighted by molar-refractivity contribution is -0.0751. The van der Waals surface area contributed by atoms with Gasteiger partial charge in [0.1, 0.15) is 11.3 Å². The van der Waals surface area contributed by atoms with E-state index in [-0.39, 0.29) is 18.1 Å². The molecule has 1 aliphatic rings. The standard InChI is InChI=1S/C30H37F3N4O3/c1-7-36(16-19(3)34)27-9-8-22(12-28(27)39-6)11-23-10-18(2)15-37(20(23)4)30(17-40-35,21(5)38)24-13-25(31)29(33)26(32)14-24/h7-9,11-14,16,18,21,38H,1,4,10,15,17,34-35H2,2-3,5-6H3/b19-16-,23-11+. The van der Waals surface area contributed by atoms with Crippen LogP contribution in [-0.2, 0) is 10.4 Å². The fraction of sp³-hybridized carbons (Fsp3) is 0.333. The molecule has 1 fully saturated rings. The van der Waals surface area contributed by atoms with E-state index in [4.69, 9.17) is 21.2 Å². The van der Waals surface area contributed by atoms with Crippen molar-refractivity contribution in [3.05, 3.63) is 101 Å². The zero-order chi connectivity index (χ0) is 29.8. The molecule has 3 unspecified atom stereocenters. The highest BCUT2D eigenvalue weighted by molar-refractivity contribution is 5.69. The number of methoxy groups -OCH3 is 1. The Morgan fingerprint density at radius 2 is 1.93 bits per heavy atom. The molecule has 2 aromatic carbocycles. The Balaban J connectivity index is 2.12. The molecule has 10 heteroatoms. The molecule has 5 N–H and O–H groups in total. The second-order valence-electron chi connectivity index (χ2n) is 10.1. The number of hydrogen-bond acceptors (Lipinski definition) is 7. The number of rotatable bonds is 10. The van der Waals surface area contributed by atoms with Gasteiger partial charge in [0.05, 0.1) is 25.5 Å². The van der Waals surface area contributed by atoms with Crippen LogP contribution in [0, 0.1) is 23.4 Å². The van der Waals surface area contributed by atoms with Gasteiger partial charge in [-0.1, -0.05) is 26.1 Å². The predicted octanol–water partition coefficient (Wildman–Crippen LogP) is 5.29. The third-order valence-electron chi connectivity index (χ3n) is 7.08. The molecule has 0 amide bonds. The maximum Gasteiger partial charge on any atom is 0.194 e. The van der Waals surface area contributed by atoms with E-state index in [1.165, 1.54) is 6.92 Å². The summed E-state index contributed by atoms with van der Waals surface area (Å²) in [5.74, 6) is 1.71. The summed E-state index contributed by atoms with van der Waals surface area (Å²) in [7, 11) is 1.56. The van der Waals surface area contributed by atoms with Gasteiger partial charge in [0.2, 0.25) is 0 Å². The van der Waals surface area contributed by atoms with Gasteiger partial charge in [-0.2, -0.15) is 0 Å². The molecule has 0 radical (unpaired) electrons. The van der Waals surface area contributed by atoms with Crippen LogP contribution < -0.4 is 21.3 Å². The summed E-state index contributed by atoms with van der Waals surface area (Å²) < 4.78 is 48.3. The molecular weight excluding hydrogens is 521 g/mol. The monoisotopic (exact) mass is 558 g/mol. The molecule has 3 atom stereocenters. The van der Waals surface area contributed by atoms with E-state index in [0.717, 1.165) is 29.0 Å². The molecule has 0 aromatic heterocycles. The van der Waals surface area contributed by atoms with Crippen LogP contribution in [0.1, 0.15) is 38.3 Å². The lowest BCUT2D eigenvalue weighted by atomic mass is 9.79. The first-order chi connectivity index (χ1) is 18.9. The van der Waals surface area contributed by atoms with Crippen molar-refractivity contribution >= 4 is 11.8 Å². The molecule has 1 saturated heterocycles. The van der Waals surface area contributed by atoms with Crippen molar-refractivity contribution in [1.82, 2.24) is 4.90 Å². The predicted molar refractivity (Wildman–Crippen MR) is 151 cm³/mol. The zero-order valence-corrected chi connectivity index (χ0v) is 23.3. The normalized spacial score (nSPS) is 19.4. The first-order valence-electron chi connectivity index (χ1n) is 12.7. The van der Waals surface area contributed by atoms with Gasteiger partial charge in [-0.05, 0) is 73.2 Å². The Labute approximate surface area is 233 Å². The Hall–Kier alpha value is -3.73. The number of hydrogen-bond donors (Lipinski definition) is 3. The third-order valence-corrected chi connectivity index (χ3v) is 7.08. The number of anilines is 1. The molecule has 2 aromatic rings. The van der Waals surface area contributed by atoms with Crippen LogP contribution in [0.15, 0.2) is 72.9 Å². The minimum Gasteiger partial charge on any atom is -0.495 e. The summed E-state index contributed by atoms with van der Waals surface area (Å²) in [6.45, 7) is 13.4. The first kappa shape index (κ1) is 30.8. The van der Waals surface area contributed by atoms with Crippen LogP contribution in [0.25, 0.3) is 6.08 Å². The van der Waals surface area contributed by atoms with Crippen molar-refractivity contribution < 1.29 is 27.9 Å². The van der Waals surface area contributed by atoms with Crippen molar-refractivity contribution in [1.29, 1.82) is 0 Å². The number of halogens is 3. The quantitative estimate of drug-likeness (QED) is 0.269. The maximum absolute atomic E-state index is 14.4. The van der Waals surface area contributed by atoms with Gasteiger partial charge in [0.15, 0.2) is 17.5 Å². The molecule has 3 rings (SSSR count). The SMILES string of the molecule is C=CN(/C=C(/C)N)c1ccc(/C=C2\CC(C)CN(C(CON)(c3cc(F)c(F)c(F)c3)C(C)O)C2=C)cc1OC. The van der Waals surface area contributed by atoms with Crippen LogP contribution in [0.5, 0.6) is 5.75 Å². The van der Waals surface area contributed by atoms with Gasteiger partial charge in [-0.15, -0.1) is 0 Å². The fourth-order valence-corrected chi connectivity index (χ4v) is 5.17. The first-order valence-corrected chi connectivity index (χ1v) is 12.7. The Bertz CT molecular complexity index is 1300. The van der Waals surface area contributed by atoms with Gasteiger partial charge in [-0.25, -0.2) is 19.1 Å². The van der Waals surface area contributed by atoms with Crippen LogP contribution in [0.4, 0.5) is 18.9 Å². The minimum atomic E-state index is -1.60. The van der Waals surface area contributed by atoms with Gasteiger partial charge in [-0.3, -0.25) is 0 Å². The topological polar surface area (TPSA) is 97.2 Å². The highest BCUT2D eigenvalue weighted by Gasteiger charge is 2.47. The molecular formula is C30H37F3N4O3. The molecule has 0 spiro atoms. The lowest BCUT2D eigenvalue weighted by Gasteiger charge is -2.51. The van der Waals surface area contributed by atoms with E-state index < -0.39 is 29.1 Å². The minimum absolute atomic E-state index is 0.0299. The van der Waals surface area contributed by atoms with Crippen molar-refractivity contribution in [2.45, 2.75) is 38.8 Å². The average Bonchev–Trinajstić information content (AvgIpc) is 2.90. The molecule has 7 nitrogen and oxygen atoms in total. The zero-order valence-electron chi connectivity index (χ0n) is 23.3. The van der Waals surface area contributed by atoms with Crippen molar-refractivity contribution in [2.24, 2.45) is 17.5 Å². The van der Waals surface area contributed by atoms with Crippen molar-refractivity contribution in [3.8, 4) is 5.75 Å². The number of benzene rings is 2. The molecule has 0 saturated carbocycles. The maximum atomic E-state index is 14.4. The second kappa shape index (κ2) is 12.6. The number of allylic oxidation sites excluding steroid dienone is 2. The largest absolute Gasteiger partial charge is 0.495 e. The summed E-state index contributed by atoms with van der Waals surface area (Å²) in [5, 5.41) is 11.0. The number of nitrogens with two attached hydrogens (primary N) is 2. The van der Waals surface area contributed by atoms with E-state index in [0.29, 0.717) is 30.1 Å². The Morgan fingerprint density at radius 3 is 2.45 bits per heavy atom. The molecule has 0 aliphatic carbocycles. The van der Waals surface area contributed by atoms with Crippen LogP contribution >= 0.6 is 0 Å². The number of ether oxygens (including phenoxy) is 1. The summed E-state index contributed by atoms with van der Waals surface area (Å²) in [5.41, 5.74) is 7.70. The smallest absolute Gasteiger partial charge is 0.194 e. The van der Waals surface area contributed by atoms with E-state index in [9.17, 15) is 18.3 Å². The molecule has 1 aliphatic heterocycles. The third kappa shape index (κ3) is 6.04. The number of aliphatic hydroxyl groups excluding tert-OH is 1. The van der Waals surface area contributed by atoms with E-state index in [2.05, 4.69) is 13.2 Å². The van der Waals surface area contributed by atoms with Crippen LogP contribution in [0.3, 0.4) is 0 Å². The van der Waals surface area contributed by atoms with E-state index >= 15 is 0 Å². The van der Waals surface area contributed by atoms with Gasteiger partial charge < -0.3 is 30.2 Å². The number of piperidine rings is 1. The van der Waals surface area contributed by atoms with Crippen LogP contribution in [-0.4, -0.2) is 36.4 Å². The molecule has 1 heterocycles. The number of likely N-dealkylation sites (tertiary alicyclic amines) is 1. The van der Waals surface area contributed by atoms with Gasteiger partial charge in [0.25, 0.3) is 0 Å². The van der Waals surface area contributed by atoms with Gasteiger partial charge >= 0.3 is 0 Å². The highest BCUT2D eigenvalue weighted by Crippen LogP contribution is 2.43. The van der Waals surface area contributed by atoms with Crippen molar-refractivity contribution in [3.63, 3.8) is 0 Å². The summed E-state index contributed by atoms with van der Waals surface area (Å²) in [6, 6.07) is 7.32. The fourth-order valence-electron chi connectivity index (χ4n) is 5.17. The van der Waals surface area contributed by atoms with Crippen molar-refractivity contribution in [2.75, 3.05) is 25.2 Å². The number of nitrogens with zero attached hydrogens (tertiary/aromatic N) is 2. The second-order valence-corrected chi connectivity index (χ2v) is 10.1. The summed E-state index contributed by atoms with van der Waals surface area (Å²) in [6.07, 6.45) is 4.67. The molecule has 0 bridgehead atoms. The molecule has 216 valence electrons. The Morgan fingerprint density at radius 1 is 1.27 bits per heavy atom. The highest BCUT2D eigenvalue weighted by atomic mass is 19.2. The lowest BCUT2D eigenvalue weighted by Crippen LogP contribution is -2.58. The molecule has 40 heavy (non-hydrogen) atoms. The summed E-state index contributed by atoms with van der Waals surface area (Å²) >= 11 is 0. The summed E-state index contributed by atoms with van der Waals surface area (Å²) in [4.78, 5) is 8.47. The number of aliphatic hydroxyl groups is 1. The average molecular weight is 559 g/mol. The Kier molecular flexibility index (Phi) is 9.73. The van der Waals surface area contributed by atoms with E-state index in [1.54, 1.807) is 36.2 Å². The van der Waals surface area contributed by atoms with Gasteiger partial charge in [0, 0.05) is 30.3 Å². The van der Waals surface area contributed by atoms with Crippen LogP contribution in [0.2, 0.25) is 0 Å².